The lowest BCUT2D eigenvalue weighted by molar-refractivity contribution is -0.140. The Labute approximate surface area is 216 Å². The number of Topliss-reactive ketones (excluding diaryl/α,β-unsaturated/α-hetero) is 1. The molecule has 1 atom stereocenters. The van der Waals surface area contributed by atoms with E-state index in [1.807, 2.05) is 104 Å². The SMILES string of the molecule is Cc1ccc(C(O)=C2C(=O)C(=O)N(Cc3ccccc3)C2c2cccc(OCc3ccccc3)c2)cc1. The van der Waals surface area contributed by atoms with Gasteiger partial charge >= 0.3 is 0 Å². The fourth-order valence-electron chi connectivity index (χ4n) is 4.55. The van der Waals surface area contributed by atoms with Crippen LogP contribution in [0.3, 0.4) is 0 Å². The van der Waals surface area contributed by atoms with E-state index in [-0.39, 0.29) is 17.9 Å². The standard InChI is InChI=1S/C32H27NO4/c1-22-15-17-25(18-16-22)30(34)28-29(33(32(36)31(28)35)20-23-9-4-2-5-10-23)26-13-8-14-27(19-26)37-21-24-11-6-3-7-12-24/h2-19,29,34H,20-21H2,1H3. The molecule has 37 heavy (non-hydrogen) atoms. The number of likely N-dealkylation sites (tertiary alicyclic amines) is 1. The van der Waals surface area contributed by atoms with Gasteiger partial charge in [-0.3, -0.25) is 9.59 Å². The third-order valence-corrected chi connectivity index (χ3v) is 6.48. The van der Waals surface area contributed by atoms with Crippen LogP contribution in [0.5, 0.6) is 5.75 Å². The van der Waals surface area contributed by atoms with Crippen LogP contribution in [-0.4, -0.2) is 21.7 Å². The maximum absolute atomic E-state index is 13.3. The Balaban J connectivity index is 1.56. The topological polar surface area (TPSA) is 66.8 Å². The molecular weight excluding hydrogens is 462 g/mol. The van der Waals surface area contributed by atoms with Crippen LogP contribution in [-0.2, 0) is 22.7 Å². The summed E-state index contributed by atoms with van der Waals surface area (Å²) < 4.78 is 6.03. The van der Waals surface area contributed by atoms with E-state index >= 15 is 0 Å². The van der Waals surface area contributed by atoms with Crippen molar-refractivity contribution in [3.8, 4) is 5.75 Å². The van der Waals surface area contributed by atoms with Gasteiger partial charge in [-0.25, -0.2) is 0 Å². The number of carbonyl (C=O) groups excluding carboxylic acids is 2. The molecule has 0 bridgehead atoms. The number of hydrogen-bond acceptors (Lipinski definition) is 4. The summed E-state index contributed by atoms with van der Waals surface area (Å²) >= 11 is 0. The van der Waals surface area contributed by atoms with Gasteiger partial charge in [0.2, 0.25) is 0 Å². The fourth-order valence-corrected chi connectivity index (χ4v) is 4.55. The highest BCUT2D eigenvalue weighted by Crippen LogP contribution is 2.41. The fraction of sp³-hybridized carbons (Fsp3) is 0.125. The first-order valence-electron chi connectivity index (χ1n) is 12.2. The Kier molecular flexibility index (Phi) is 6.86. The van der Waals surface area contributed by atoms with Gasteiger partial charge in [0.25, 0.3) is 11.7 Å². The van der Waals surface area contributed by atoms with Crippen LogP contribution < -0.4 is 4.74 Å². The number of aliphatic hydroxyl groups is 1. The van der Waals surface area contributed by atoms with E-state index in [2.05, 4.69) is 0 Å². The van der Waals surface area contributed by atoms with E-state index in [0.717, 1.165) is 16.7 Å². The van der Waals surface area contributed by atoms with Gasteiger partial charge in [-0.1, -0.05) is 103 Å². The molecule has 1 fully saturated rings. The average Bonchev–Trinajstić information content (AvgIpc) is 3.18. The van der Waals surface area contributed by atoms with Gasteiger partial charge in [0.05, 0.1) is 11.6 Å². The number of benzene rings is 4. The Morgan fingerprint density at radius 3 is 2.14 bits per heavy atom. The van der Waals surface area contributed by atoms with Gasteiger partial charge in [-0.15, -0.1) is 0 Å². The number of hydrogen-bond donors (Lipinski definition) is 1. The van der Waals surface area contributed by atoms with Crippen LogP contribution in [0, 0.1) is 6.92 Å². The molecule has 1 saturated heterocycles. The van der Waals surface area contributed by atoms with Gasteiger partial charge in [0.15, 0.2) is 0 Å². The van der Waals surface area contributed by atoms with Crippen LogP contribution >= 0.6 is 0 Å². The van der Waals surface area contributed by atoms with Crippen LogP contribution in [0.25, 0.3) is 5.76 Å². The molecule has 0 aromatic heterocycles. The quantitative estimate of drug-likeness (QED) is 0.191. The molecule has 1 amide bonds. The van der Waals surface area contributed by atoms with Gasteiger partial charge in [-0.05, 0) is 35.7 Å². The van der Waals surface area contributed by atoms with Gasteiger partial charge in [0, 0.05) is 12.1 Å². The molecule has 1 aliphatic heterocycles. The van der Waals surface area contributed by atoms with Crippen molar-refractivity contribution in [2.45, 2.75) is 26.1 Å². The zero-order valence-corrected chi connectivity index (χ0v) is 20.5. The van der Waals surface area contributed by atoms with E-state index in [4.69, 9.17) is 4.74 Å². The van der Waals surface area contributed by atoms with E-state index in [1.165, 1.54) is 4.90 Å². The summed E-state index contributed by atoms with van der Waals surface area (Å²) in [5.74, 6) is -0.913. The van der Waals surface area contributed by atoms with Gasteiger partial charge in [-0.2, -0.15) is 0 Å². The molecule has 1 heterocycles. The lowest BCUT2D eigenvalue weighted by Gasteiger charge is -2.26. The highest BCUT2D eigenvalue weighted by molar-refractivity contribution is 6.46. The summed E-state index contributed by atoms with van der Waals surface area (Å²) in [7, 11) is 0. The molecule has 0 spiro atoms. The van der Waals surface area contributed by atoms with Crippen molar-refractivity contribution in [3.63, 3.8) is 0 Å². The maximum Gasteiger partial charge on any atom is 0.295 e. The monoisotopic (exact) mass is 489 g/mol. The third-order valence-electron chi connectivity index (χ3n) is 6.48. The van der Waals surface area contributed by atoms with Crippen LogP contribution in [0.15, 0.2) is 115 Å². The van der Waals surface area contributed by atoms with Gasteiger partial charge in [0.1, 0.15) is 18.1 Å². The molecule has 5 heteroatoms. The molecule has 0 radical (unpaired) electrons. The highest BCUT2D eigenvalue weighted by atomic mass is 16.5. The number of ketones is 1. The zero-order chi connectivity index (χ0) is 25.8. The van der Waals surface area contributed by atoms with Gasteiger partial charge < -0.3 is 14.7 Å². The highest BCUT2D eigenvalue weighted by Gasteiger charge is 2.46. The molecule has 184 valence electrons. The summed E-state index contributed by atoms with van der Waals surface area (Å²) in [6.45, 7) is 2.57. The summed E-state index contributed by atoms with van der Waals surface area (Å²) in [5, 5.41) is 11.3. The predicted octanol–water partition coefficient (Wildman–Crippen LogP) is 6.20. The van der Waals surface area contributed by atoms with Crippen molar-refractivity contribution < 1.29 is 19.4 Å². The smallest absolute Gasteiger partial charge is 0.295 e. The third kappa shape index (κ3) is 5.16. The van der Waals surface area contributed by atoms with Crippen molar-refractivity contribution >= 4 is 17.4 Å². The van der Waals surface area contributed by atoms with E-state index in [0.29, 0.717) is 23.5 Å². The number of aliphatic hydroxyl groups excluding tert-OH is 1. The van der Waals surface area contributed by atoms with Crippen molar-refractivity contribution in [1.82, 2.24) is 4.90 Å². The number of aryl methyl sites for hydroxylation is 1. The summed E-state index contributed by atoms with van der Waals surface area (Å²) in [5.41, 5.74) is 4.20. The minimum atomic E-state index is -0.762. The number of nitrogens with zero attached hydrogens (tertiary/aromatic N) is 1. The van der Waals surface area contributed by atoms with E-state index in [9.17, 15) is 14.7 Å². The second-order valence-electron chi connectivity index (χ2n) is 9.13. The Bertz CT molecular complexity index is 1440. The van der Waals surface area contributed by atoms with Crippen molar-refractivity contribution in [2.75, 3.05) is 0 Å². The Morgan fingerprint density at radius 1 is 0.811 bits per heavy atom. The van der Waals surface area contributed by atoms with Crippen LogP contribution in [0.2, 0.25) is 0 Å². The normalized spacial score (nSPS) is 16.7. The number of carbonyl (C=O) groups is 2. The minimum Gasteiger partial charge on any atom is -0.507 e. The predicted molar refractivity (Wildman–Crippen MR) is 143 cm³/mol. The minimum absolute atomic E-state index is 0.0741. The van der Waals surface area contributed by atoms with Crippen LogP contribution in [0.1, 0.15) is 33.9 Å². The molecule has 4 aromatic rings. The molecule has 1 aliphatic rings. The van der Waals surface area contributed by atoms with E-state index in [1.54, 1.807) is 12.1 Å². The summed E-state index contributed by atoms with van der Waals surface area (Å²) in [6, 6.07) is 33.2. The molecule has 1 N–H and O–H groups in total. The molecule has 1 unspecified atom stereocenters. The first-order valence-corrected chi connectivity index (χ1v) is 12.2. The first-order chi connectivity index (χ1) is 18.0. The molecule has 0 aliphatic carbocycles. The number of amides is 1. The second-order valence-corrected chi connectivity index (χ2v) is 9.13. The van der Waals surface area contributed by atoms with Crippen molar-refractivity contribution in [2.24, 2.45) is 0 Å². The number of ether oxygens (including phenoxy) is 1. The first kappa shape index (κ1) is 24.1. The van der Waals surface area contributed by atoms with Crippen molar-refractivity contribution in [3.05, 3.63) is 143 Å². The Morgan fingerprint density at radius 2 is 1.46 bits per heavy atom. The second kappa shape index (κ2) is 10.5. The molecule has 4 aromatic carbocycles. The van der Waals surface area contributed by atoms with Crippen molar-refractivity contribution in [1.29, 1.82) is 0 Å². The molecule has 0 saturated carbocycles. The summed E-state index contributed by atoms with van der Waals surface area (Å²) in [6.07, 6.45) is 0. The number of rotatable bonds is 7. The maximum atomic E-state index is 13.3. The van der Waals surface area contributed by atoms with Crippen LogP contribution in [0.4, 0.5) is 0 Å². The molecule has 5 rings (SSSR count). The Hall–Kier alpha value is -4.64. The zero-order valence-electron chi connectivity index (χ0n) is 20.5. The average molecular weight is 490 g/mol. The summed E-state index contributed by atoms with van der Waals surface area (Å²) in [4.78, 5) is 28.1. The lowest BCUT2D eigenvalue weighted by atomic mass is 9.94. The molecule has 5 nitrogen and oxygen atoms in total. The largest absolute Gasteiger partial charge is 0.507 e. The lowest BCUT2D eigenvalue weighted by Crippen LogP contribution is -2.29. The van der Waals surface area contributed by atoms with E-state index < -0.39 is 17.7 Å². The molecular formula is C32H27NO4.